The fraction of sp³-hybridized carbons (Fsp3) is 0.625. The molecule has 60 valence electrons. The maximum atomic E-state index is 5.65. The first kappa shape index (κ1) is 7.17. The molecule has 0 saturated heterocycles. The highest BCUT2D eigenvalue weighted by molar-refractivity contribution is 6.16. The second kappa shape index (κ2) is 2.86. The molecule has 1 fully saturated rings. The van der Waals surface area contributed by atoms with Crippen LogP contribution < -0.4 is 0 Å². The minimum absolute atomic E-state index is 0.471. The molecule has 0 bridgehead atoms. The number of oxazole rings is 1. The Hall–Kier alpha value is -0.500. The molecule has 1 aliphatic rings. The van der Waals surface area contributed by atoms with Crippen LogP contribution in [0.15, 0.2) is 10.8 Å². The van der Waals surface area contributed by atoms with Crippen LogP contribution in [-0.4, -0.2) is 4.98 Å². The van der Waals surface area contributed by atoms with Gasteiger partial charge in [-0.1, -0.05) is 0 Å². The predicted octanol–water partition coefficient (Wildman–Crippen LogP) is 2.37. The number of hydrogen-bond acceptors (Lipinski definition) is 2. The van der Waals surface area contributed by atoms with E-state index in [1.54, 1.807) is 0 Å². The zero-order chi connectivity index (χ0) is 7.68. The molecule has 0 amide bonds. The van der Waals surface area contributed by atoms with Crippen molar-refractivity contribution in [1.82, 2.24) is 4.98 Å². The van der Waals surface area contributed by atoms with E-state index in [9.17, 15) is 0 Å². The summed E-state index contributed by atoms with van der Waals surface area (Å²) in [7, 11) is 0. The lowest BCUT2D eigenvalue weighted by Gasteiger charge is -1.93. The van der Waals surface area contributed by atoms with Crippen molar-refractivity contribution in [2.45, 2.75) is 25.1 Å². The van der Waals surface area contributed by atoms with Crippen LogP contribution in [0.1, 0.15) is 24.3 Å². The van der Waals surface area contributed by atoms with Crippen molar-refractivity contribution < 1.29 is 4.42 Å². The summed E-state index contributed by atoms with van der Waals surface area (Å²) in [6.45, 7) is 0. The molecule has 1 aromatic rings. The molecule has 0 unspecified atom stereocenters. The lowest BCUT2D eigenvalue weighted by molar-refractivity contribution is 0.490. The average Bonchev–Trinajstić information content (AvgIpc) is 2.68. The van der Waals surface area contributed by atoms with E-state index < -0.39 is 0 Å². The fourth-order valence-corrected chi connectivity index (χ4v) is 1.37. The second-order valence-electron chi connectivity index (χ2n) is 3.00. The van der Waals surface area contributed by atoms with E-state index in [-0.39, 0.29) is 0 Å². The van der Waals surface area contributed by atoms with Gasteiger partial charge in [0.1, 0.15) is 5.76 Å². The number of nitrogens with zero attached hydrogens (tertiary/aromatic N) is 1. The van der Waals surface area contributed by atoms with Crippen LogP contribution in [0.4, 0.5) is 0 Å². The number of rotatable bonds is 3. The van der Waals surface area contributed by atoms with Gasteiger partial charge < -0.3 is 4.42 Å². The Kier molecular flexibility index (Phi) is 1.86. The molecule has 2 rings (SSSR count). The highest BCUT2D eigenvalue weighted by Gasteiger charge is 2.24. The van der Waals surface area contributed by atoms with E-state index in [0.29, 0.717) is 5.88 Å². The predicted molar refractivity (Wildman–Crippen MR) is 42.5 cm³/mol. The van der Waals surface area contributed by atoms with Crippen molar-refractivity contribution in [3.63, 3.8) is 0 Å². The molecule has 0 N–H and O–H groups in total. The molecule has 0 radical (unpaired) electrons. The van der Waals surface area contributed by atoms with Gasteiger partial charge in [0.2, 0.25) is 0 Å². The first-order valence-electron chi connectivity index (χ1n) is 3.87. The summed E-state index contributed by atoms with van der Waals surface area (Å²) in [5.74, 6) is 2.30. The zero-order valence-corrected chi connectivity index (χ0v) is 6.97. The van der Waals surface area contributed by atoms with Gasteiger partial charge in [-0.3, -0.25) is 0 Å². The van der Waals surface area contributed by atoms with Crippen molar-refractivity contribution >= 4 is 11.6 Å². The van der Waals surface area contributed by atoms with E-state index in [1.165, 1.54) is 19.2 Å². The molecule has 0 spiro atoms. The van der Waals surface area contributed by atoms with Crippen LogP contribution in [0.3, 0.4) is 0 Å². The first-order valence-corrected chi connectivity index (χ1v) is 4.41. The molecule has 1 heterocycles. The van der Waals surface area contributed by atoms with E-state index in [1.807, 2.05) is 0 Å². The van der Waals surface area contributed by atoms with Gasteiger partial charge in [0.05, 0.1) is 11.6 Å². The summed E-state index contributed by atoms with van der Waals surface area (Å²) in [6, 6.07) is 0. The van der Waals surface area contributed by atoms with Crippen LogP contribution in [0, 0.1) is 5.92 Å². The molecule has 3 heteroatoms. The highest BCUT2D eigenvalue weighted by atomic mass is 35.5. The maximum absolute atomic E-state index is 5.65. The third kappa shape index (κ3) is 1.56. The molecule has 2 nitrogen and oxygen atoms in total. The lowest BCUT2D eigenvalue weighted by Crippen LogP contribution is -1.89. The van der Waals surface area contributed by atoms with E-state index in [2.05, 4.69) is 4.98 Å². The van der Waals surface area contributed by atoms with Gasteiger partial charge in [-0.15, -0.1) is 11.6 Å². The Morgan fingerprint density at radius 1 is 1.64 bits per heavy atom. The number of alkyl halides is 1. The average molecular weight is 172 g/mol. The summed E-state index contributed by atoms with van der Waals surface area (Å²) in [5.41, 5.74) is 0.915. The van der Waals surface area contributed by atoms with Crippen molar-refractivity contribution in [3.05, 3.63) is 17.8 Å². The smallest absolute Gasteiger partial charge is 0.181 e. The minimum atomic E-state index is 0.471. The molecule has 0 aromatic carbocycles. The van der Waals surface area contributed by atoms with Crippen LogP contribution in [0.2, 0.25) is 0 Å². The Bertz CT molecular complexity index is 242. The van der Waals surface area contributed by atoms with Crippen molar-refractivity contribution in [2.75, 3.05) is 0 Å². The molecule has 0 atom stereocenters. The van der Waals surface area contributed by atoms with Crippen molar-refractivity contribution in [2.24, 2.45) is 5.92 Å². The molecule has 1 saturated carbocycles. The molecule has 1 aromatic heterocycles. The van der Waals surface area contributed by atoms with Crippen LogP contribution >= 0.6 is 11.6 Å². The Morgan fingerprint density at radius 3 is 3.09 bits per heavy atom. The van der Waals surface area contributed by atoms with E-state index >= 15 is 0 Å². The second-order valence-corrected chi connectivity index (χ2v) is 3.27. The van der Waals surface area contributed by atoms with Gasteiger partial charge in [-0.25, -0.2) is 4.98 Å². The first-order chi connectivity index (χ1) is 5.40. The third-order valence-electron chi connectivity index (χ3n) is 2.02. The number of hydrogen-bond donors (Lipinski definition) is 0. The topological polar surface area (TPSA) is 26.0 Å². The molecule has 1 aliphatic carbocycles. The zero-order valence-electron chi connectivity index (χ0n) is 6.22. The van der Waals surface area contributed by atoms with Gasteiger partial charge in [0.15, 0.2) is 6.39 Å². The van der Waals surface area contributed by atoms with Gasteiger partial charge >= 0.3 is 0 Å². The molecule has 0 aliphatic heterocycles. The van der Waals surface area contributed by atoms with Crippen molar-refractivity contribution in [3.8, 4) is 0 Å². The van der Waals surface area contributed by atoms with E-state index in [4.69, 9.17) is 16.0 Å². The maximum Gasteiger partial charge on any atom is 0.181 e. The van der Waals surface area contributed by atoms with Gasteiger partial charge in [-0.05, 0) is 18.8 Å². The van der Waals surface area contributed by atoms with Crippen LogP contribution in [0.5, 0.6) is 0 Å². The standard InChI is InChI=1S/C8H10ClNO/c9-4-7-8(11-5-10-7)3-6-1-2-6/h5-6H,1-4H2. The Morgan fingerprint density at radius 2 is 2.45 bits per heavy atom. The van der Waals surface area contributed by atoms with Gasteiger partial charge in [0, 0.05) is 6.42 Å². The molecule has 11 heavy (non-hydrogen) atoms. The summed E-state index contributed by atoms with van der Waals surface area (Å²) in [4.78, 5) is 4.02. The minimum Gasteiger partial charge on any atom is -0.448 e. The number of aromatic nitrogens is 1. The lowest BCUT2D eigenvalue weighted by atomic mass is 10.2. The van der Waals surface area contributed by atoms with Crippen molar-refractivity contribution in [1.29, 1.82) is 0 Å². The fourth-order valence-electron chi connectivity index (χ4n) is 1.15. The molecular formula is C8H10ClNO. The highest BCUT2D eigenvalue weighted by Crippen LogP contribution is 2.33. The van der Waals surface area contributed by atoms with Gasteiger partial charge in [0.25, 0.3) is 0 Å². The monoisotopic (exact) mass is 171 g/mol. The Balaban J connectivity index is 2.07. The quantitative estimate of drug-likeness (QED) is 0.653. The number of halogens is 1. The summed E-state index contributed by atoms with van der Waals surface area (Å²) in [5, 5.41) is 0. The van der Waals surface area contributed by atoms with Crippen LogP contribution in [-0.2, 0) is 12.3 Å². The normalized spacial score (nSPS) is 17.2. The van der Waals surface area contributed by atoms with E-state index in [0.717, 1.165) is 23.8 Å². The van der Waals surface area contributed by atoms with Crippen LogP contribution in [0.25, 0.3) is 0 Å². The Labute approximate surface area is 70.6 Å². The summed E-state index contributed by atoms with van der Waals surface area (Å²) < 4.78 is 5.21. The largest absolute Gasteiger partial charge is 0.448 e. The molecular weight excluding hydrogens is 162 g/mol. The summed E-state index contributed by atoms with van der Waals surface area (Å²) >= 11 is 5.65. The third-order valence-corrected chi connectivity index (χ3v) is 2.28. The SMILES string of the molecule is ClCc1ncoc1CC1CC1. The summed E-state index contributed by atoms with van der Waals surface area (Å²) in [6.07, 6.45) is 5.18. The van der Waals surface area contributed by atoms with Gasteiger partial charge in [-0.2, -0.15) is 0 Å².